The third kappa shape index (κ3) is 1.49. The van der Waals surface area contributed by atoms with Crippen LogP contribution >= 0.6 is 0 Å². The van der Waals surface area contributed by atoms with Gasteiger partial charge in [-0.05, 0) is 6.92 Å². The summed E-state index contributed by atoms with van der Waals surface area (Å²) < 4.78 is 15.6. The summed E-state index contributed by atoms with van der Waals surface area (Å²) >= 11 is 0. The first kappa shape index (κ1) is 8.77. The van der Waals surface area contributed by atoms with Gasteiger partial charge in [-0.1, -0.05) is 0 Å². The Morgan fingerprint density at radius 1 is 1.62 bits per heavy atom. The van der Waals surface area contributed by atoms with Gasteiger partial charge in [-0.3, -0.25) is 0 Å². The molecule has 2 aliphatic heterocycles. The van der Waals surface area contributed by atoms with E-state index in [1.54, 1.807) is 7.11 Å². The third-order valence-electron chi connectivity index (χ3n) is 2.48. The van der Waals surface area contributed by atoms with Crippen LogP contribution in [0.3, 0.4) is 0 Å². The summed E-state index contributed by atoms with van der Waals surface area (Å²) in [6.45, 7) is 1.88. The maximum Gasteiger partial charge on any atom is 0.407 e. The van der Waals surface area contributed by atoms with Crippen molar-refractivity contribution in [3.63, 3.8) is 0 Å². The number of nitrogens with one attached hydrogen (secondary N) is 1. The second-order valence-electron chi connectivity index (χ2n) is 3.36. The minimum Gasteiger partial charge on any atom is -0.441 e. The molecule has 1 N–H and O–H groups in total. The summed E-state index contributed by atoms with van der Waals surface area (Å²) in [7, 11) is 1.59. The van der Waals surface area contributed by atoms with E-state index in [9.17, 15) is 4.79 Å². The number of carbonyl (C=O) groups is 1. The molecule has 0 aliphatic carbocycles. The molecule has 13 heavy (non-hydrogen) atoms. The molecule has 0 aromatic rings. The van der Waals surface area contributed by atoms with Crippen LogP contribution in [0.15, 0.2) is 0 Å². The maximum absolute atomic E-state index is 10.9. The van der Waals surface area contributed by atoms with E-state index in [1.807, 2.05) is 6.92 Å². The van der Waals surface area contributed by atoms with Gasteiger partial charge in [-0.2, -0.15) is 0 Å². The summed E-state index contributed by atoms with van der Waals surface area (Å²) in [5.74, 6) is 0. The Hall–Kier alpha value is -0.810. The van der Waals surface area contributed by atoms with Crippen LogP contribution in [0.2, 0.25) is 0 Å². The van der Waals surface area contributed by atoms with Gasteiger partial charge in [-0.25, -0.2) is 4.79 Å². The van der Waals surface area contributed by atoms with Crippen molar-refractivity contribution in [2.24, 2.45) is 0 Å². The van der Waals surface area contributed by atoms with E-state index in [1.165, 1.54) is 0 Å². The molecule has 74 valence electrons. The summed E-state index contributed by atoms with van der Waals surface area (Å²) in [6, 6.07) is 0.0289. The Balaban J connectivity index is 2.05. The number of alkyl carbamates (subject to hydrolysis) is 1. The normalized spacial score (nSPS) is 43.7. The molecule has 1 amide bonds. The van der Waals surface area contributed by atoms with E-state index in [-0.39, 0.29) is 30.6 Å². The molecule has 0 aromatic heterocycles. The fourth-order valence-corrected chi connectivity index (χ4v) is 1.82. The highest BCUT2D eigenvalue weighted by atomic mass is 16.7. The lowest BCUT2D eigenvalue weighted by Gasteiger charge is -2.33. The van der Waals surface area contributed by atoms with Gasteiger partial charge in [-0.15, -0.1) is 0 Å². The van der Waals surface area contributed by atoms with Crippen LogP contribution in [0.5, 0.6) is 0 Å². The lowest BCUT2D eigenvalue weighted by molar-refractivity contribution is -0.204. The Bertz CT molecular complexity index is 220. The van der Waals surface area contributed by atoms with Gasteiger partial charge in [0.25, 0.3) is 0 Å². The second-order valence-corrected chi connectivity index (χ2v) is 3.36. The second kappa shape index (κ2) is 3.16. The van der Waals surface area contributed by atoms with Crippen LogP contribution in [0.25, 0.3) is 0 Å². The van der Waals surface area contributed by atoms with Gasteiger partial charge >= 0.3 is 6.09 Å². The molecular weight excluding hydrogens is 174 g/mol. The number of hydrogen-bond donors (Lipinski definition) is 1. The molecule has 0 unspecified atom stereocenters. The fourth-order valence-electron chi connectivity index (χ4n) is 1.82. The Kier molecular flexibility index (Phi) is 2.13. The summed E-state index contributed by atoms with van der Waals surface area (Å²) in [5.41, 5.74) is 0. The van der Waals surface area contributed by atoms with E-state index in [0.29, 0.717) is 6.42 Å². The molecule has 2 heterocycles. The fraction of sp³-hybridized carbons (Fsp3) is 0.875. The van der Waals surface area contributed by atoms with Crippen molar-refractivity contribution in [3.05, 3.63) is 0 Å². The van der Waals surface area contributed by atoms with E-state index in [0.717, 1.165) is 0 Å². The number of methoxy groups -OCH3 is 1. The van der Waals surface area contributed by atoms with Gasteiger partial charge in [0.15, 0.2) is 6.29 Å². The van der Waals surface area contributed by atoms with Gasteiger partial charge in [0, 0.05) is 13.5 Å². The zero-order valence-electron chi connectivity index (χ0n) is 7.65. The Labute approximate surface area is 76.3 Å². The molecule has 2 rings (SSSR count). The molecule has 2 saturated heterocycles. The van der Waals surface area contributed by atoms with E-state index < -0.39 is 0 Å². The standard InChI is InChI=1S/C8H13NO4/c1-4-7-5(9-8(10)13-7)3-6(11-2)12-4/h4-7H,3H2,1-2H3,(H,9,10)/t4-,5+,6-,7-/m0/s1. The number of fused-ring (bicyclic) bond motifs is 1. The number of hydrogen-bond acceptors (Lipinski definition) is 4. The zero-order valence-corrected chi connectivity index (χ0v) is 7.65. The molecule has 0 saturated carbocycles. The predicted octanol–water partition coefficient (Wildman–Crippen LogP) is 0.245. The molecule has 5 nitrogen and oxygen atoms in total. The van der Waals surface area contributed by atoms with Crippen LogP contribution in [0.1, 0.15) is 13.3 Å². The number of rotatable bonds is 1. The molecule has 0 spiro atoms. The van der Waals surface area contributed by atoms with E-state index in [4.69, 9.17) is 14.2 Å². The van der Waals surface area contributed by atoms with Crippen LogP contribution in [-0.2, 0) is 14.2 Å². The molecule has 0 aromatic carbocycles. The molecule has 2 aliphatic rings. The van der Waals surface area contributed by atoms with Crippen molar-refractivity contribution < 1.29 is 19.0 Å². The van der Waals surface area contributed by atoms with Gasteiger partial charge in [0.1, 0.15) is 6.10 Å². The summed E-state index contributed by atoms with van der Waals surface area (Å²) in [5, 5.41) is 2.73. The molecule has 0 bridgehead atoms. The largest absolute Gasteiger partial charge is 0.441 e. The number of amides is 1. The summed E-state index contributed by atoms with van der Waals surface area (Å²) in [6.07, 6.45) is -0.223. The van der Waals surface area contributed by atoms with Crippen molar-refractivity contribution in [3.8, 4) is 0 Å². The first-order chi connectivity index (χ1) is 6.20. The minimum absolute atomic E-state index is 0.0289. The highest BCUT2D eigenvalue weighted by Gasteiger charge is 2.44. The molecular formula is C8H13NO4. The first-order valence-corrected chi connectivity index (χ1v) is 4.36. The lowest BCUT2D eigenvalue weighted by atomic mass is 10.0. The highest BCUT2D eigenvalue weighted by molar-refractivity contribution is 5.70. The average molecular weight is 187 g/mol. The average Bonchev–Trinajstić information content (AvgIpc) is 2.46. The van der Waals surface area contributed by atoms with Gasteiger partial charge in [0.2, 0.25) is 0 Å². The number of ether oxygens (including phenoxy) is 3. The maximum atomic E-state index is 10.9. The van der Waals surface area contributed by atoms with Crippen molar-refractivity contribution in [2.75, 3.05) is 7.11 Å². The van der Waals surface area contributed by atoms with Crippen LogP contribution in [-0.4, -0.2) is 37.7 Å². The van der Waals surface area contributed by atoms with Crippen molar-refractivity contribution >= 4 is 6.09 Å². The van der Waals surface area contributed by atoms with Crippen LogP contribution in [0.4, 0.5) is 4.79 Å². The minimum atomic E-state index is -0.359. The zero-order chi connectivity index (χ0) is 9.42. The Morgan fingerprint density at radius 3 is 3.08 bits per heavy atom. The highest BCUT2D eigenvalue weighted by Crippen LogP contribution is 2.26. The molecule has 0 radical (unpaired) electrons. The molecule has 4 atom stereocenters. The van der Waals surface area contributed by atoms with Crippen molar-refractivity contribution in [1.82, 2.24) is 5.32 Å². The van der Waals surface area contributed by atoms with Crippen molar-refractivity contribution in [1.29, 1.82) is 0 Å². The van der Waals surface area contributed by atoms with E-state index in [2.05, 4.69) is 5.32 Å². The monoisotopic (exact) mass is 187 g/mol. The third-order valence-corrected chi connectivity index (χ3v) is 2.48. The summed E-state index contributed by atoms with van der Waals surface area (Å²) in [4.78, 5) is 10.9. The predicted molar refractivity (Wildman–Crippen MR) is 43.2 cm³/mol. The van der Waals surface area contributed by atoms with Gasteiger partial charge in [0.05, 0.1) is 12.1 Å². The van der Waals surface area contributed by atoms with Gasteiger partial charge < -0.3 is 19.5 Å². The Morgan fingerprint density at radius 2 is 2.38 bits per heavy atom. The first-order valence-electron chi connectivity index (χ1n) is 4.36. The number of carbonyl (C=O) groups excluding carboxylic acids is 1. The lowest BCUT2D eigenvalue weighted by Crippen LogP contribution is -2.48. The van der Waals surface area contributed by atoms with Crippen LogP contribution in [0, 0.1) is 0 Å². The molecule has 2 fully saturated rings. The van der Waals surface area contributed by atoms with Crippen LogP contribution < -0.4 is 5.32 Å². The quantitative estimate of drug-likeness (QED) is 0.639. The molecule has 5 heteroatoms. The van der Waals surface area contributed by atoms with E-state index >= 15 is 0 Å². The topological polar surface area (TPSA) is 56.8 Å². The van der Waals surface area contributed by atoms with Crippen molar-refractivity contribution in [2.45, 2.75) is 37.9 Å². The smallest absolute Gasteiger partial charge is 0.407 e. The SMILES string of the molecule is CO[C@@H]1C[C@H]2NC(=O)O[C@H]2[C@H](C)O1.